The Labute approximate surface area is 172 Å². The second-order valence-corrected chi connectivity index (χ2v) is 7.82. The number of aromatic nitrogens is 2. The highest BCUT2D eigenvalue weighted by molar-refractivity contribution is 6.01. The number of phenolic OH excluding ortho intramolecular Hbond substituents is 1. The number of benzene rings is 2. The van der Waals surface area contributed by atoms with Crippen molar-refractivity contribution in [1.82, 2.24) is 9.55 Å². The molecule has 0 saturated carbocycles. The van der Waals surface area contributed by atoms with Crippen LogP contribution < -0.4 is 5.32 Å². The zero-order chi connectivity index (χ0) is 20.2. The quantitative estimate of drug-likeness (QED) is 0.510. The van der Waals surface area contributed by atoms with Crippen molar-refractivity contribution in [2.24, 2.45) is 0 Å². The number of Topliss-reactive ketones (excluding diaryl/α,β-unsaturated/α-hetero) is 1. The van der Waals surface area contributed by atoms with Gasteiger partial charge in [0.2, 0.25) is 5.95 Å². The molecular formula is C24H19N3O3. The van der Waals surface area contributed by atoms with Crippen molar-refractivity contribution in [2.45, 2.75) is 24.8 Å². The van der Waals surface area contributed by atoms with Crippen LogP contribution in [-0.2, 0) is 4.79 Å². The number of nitrogens with one attached hydrogen (secondary N) is 1. The van der Waals surface area contributed by atoms with E-state index in [4.69, 9.17) is 9.40 Å². The Morgan fingerprint density at radius 2 is 1.87 bits per heavy atom. The molecule has 0 radical (unpaired) electrons. The molecule has 2 atom stereocenters. The van der Waals surface area contributed by atoms with Crippen molar-refractivity contribution in [3.8, 4) is 5.75 Å². The molecule has 2 aromatic heterocycles. The number of hydrogen-bond donors (Lipinski definition) is 2. The van der Waals surface area contributed by atoms with Gasteiger partial charge in [-0.2, -0.15) is 0 Å². The second kappa shape index (κ2) is 6.35. The number of phenols is 1. The summed E-state index contributed by atoms with van der Waals surface area (Å²) in [5.74, 6) is 1.70. The minimum atomic E-state index is -0.435. The Balaban J connectivity index is 1.58. The first-order valence-electron chi connectivity index (χ1n) is 10.0. The number of rotatable bonds is 2. The van der Waals surface area contributed by atoms with Crippen LogP contribution in [0.15, 0.2) is 82.6 Å². The predicted molar refractivity (Wildman–Crippen MR) is 112 cm³/mol. The number of para-hydroxylation sites is 3. The van der Waals surface area contributed by atoms with Crippen LogP contribution in [-0.4, -0.2) is 20.4 Å². The monoisotopic (exact) mass is 397 g/mol. The van der Waals surface area contributed by atoms with Crippen LogP contribution in [0.4, 0.5) is 5.95 Å². The molecule has 6 nitrogen and oxygen atoms in total. The van der Waals surface area contributed by atoms with Crippen LogP contribution in [0.25, 0.3) is 11.0 Å². The lowest BCUT2D eigenvalue weighted by molar-refractivity contribution is -0.116. The largest absolute Gasteiger partial charge is 0.508 e. The normalized spacial score (nSPS) is 20.7. The molecule has 148 valence electrons. The van der Waals surface area contributed by atoms with E-state index in [1.165, 1.54) is 0 Å². The topological polar surface area (TPSA) is 80.3 Å². The van der Waals surface area contributed by atoms with E-state index < -0.39 is 6.04 Å². The molecule has 0 saturated heterocycles. The highest BCUT2D eigenvalue weighted by atomic mass is 16.3. The molecule has 1 aliphatic carbocycles. The van der Waals surface area contributed by atoms with Crippen molar-refractivity contribution < 1.29 is 14.3 Å². The van der Waals surface area contributed by atoms with E-state index >= 15 is 0 Å². The van der Waals surface area contributed by atoms with Gasteiger partial charge in [-0.1, -0.05) is 30.3 Å². The molecule has 6 heteroatoms. The van der Waals surface area contributed by atoms with Gasteiger partial charge in [-0.3, -0.25) is 9.36 Å². The molecule has 30 heavy (non-hydrogen) atoms. The van der Waals surface area contributed by atoms with E-state index in [1.54, 1.807) is 18.4 Å². The first kappa shape index (κ1) is 17.1. The highest BCUT2D eigenvalue weighted by Gasteiger charge is 2.40. The Bertz CT molecular complexity index is 1320. The number of ketones is 1. The maximum Gasteiger partial charge on any atom is 0.209 e. The second-order valence-electron chi connectivity index (χ2n) is 7.82. The molecule has 6 rings (SSSR count). The number of nitrogens with zero attached hydrogens (tertiary/aromatic N) is 2. The Hall–Kier alpha value is -3.80. The van der Waals surface area contributed by atoms with E-state index in [0.29, 0.717) is 29.9 Å². The molecular weight excluding hydrogens is 378 g/mol. The number of carbonyl (C=O) groups is 1. The number of carbonyl (C=O) groups excluding carboxylic acids is 1. The van der Waals surface area contributed by atoms with E-state index in [9.17, 15) is 9.90 Å². The van der Waals surface area contributed by atoms with E-state index in [0.717, 1.165) is 22.5 Å². The standard InChI is InChI=1S/C24H19N3O3/c28-19-9-4-1-6-15(19)23-22-17(12-14(13-20(22)29)21-10-5-11-30-21)26-24-25-16-7-2-3-8-18(16)27(23)24/h1-11,14,23,28H,12-13H2,(H,25,26). The summed E-state index contributed by atoms with van der Waals surface area (Å²) in [6, 6.07) is 18.4. The maximum atomic E-state index is 13.4. The van der Waals surface area contributed by atoms with E-state index in [1.807, 2.05) is 53.1 Å². The predicted octanol–water partition coefficient (Wildman–Crippen LogP) is 4.75. The maximum absolute atomic E-state index is 13.4. The van der Waals surface area contributed by atoms with Gasteiger partial charge in [0.1, 0.15) is 11.5 Å². The molecule has 4 aromatic rings. The minimum Gasteiger partial charge on any atom is -0.508 e. The average molecular weight is 397 g/mol. The summed E-state index contributed by atoms with van der Waals surface area (Å²) >= 11 is 0. The number of hydrogen-bond acceptors (Lipinski definition) is 5. The van der Waals surface area contributed by atoms with Crippen molar-refractivity contribution in [2.75, 3.05) is 5.32 Å². The zero-order valence-electron chi connectivity index (χ0n) is 16.1. The zero-order valence-corrected chi connectivity index (χ0v) is 16.1. The summed E-state index contributed by atoms with van der Waals surface area (Å²) in [4.78, 5) is 18.2. The Morgan fingerprint density at radius 3 is 2.70 bits per heavy atom. The summed E-state index contributed by atoms with van der Waals surface area (Å²) in [6.45, 7) is 0. The Morgan fingerprint density at radius 1 is 1.03 bits per heavy atom. The van der Waals surface area contributed by atoms with Gasteiger partial charge in [0, 0.05) is 29.2 Å². The lowest BCUT2D eigenvalue weighted by Crippen LogP contribution is -2.33. The third-order valence-electron chi connectivity index (χ3n) is 6.07. The van der Waals surface area contributed by atoms with Gasteiger partial charge >= 0.3 is 0 Å². The van der Waals surface area contributed by atoms with E-state index in [2.05, 4.69) is 5.32 Å². The molecule has 2 aromatic carbocycles. The number of anilines is 1. The first-order valence-corrected chi connectivity index (χ1v) is 10.0. The van der Waals surface area contributed by atoms with Crippen LogP contribution in [0.3, 0.4) is 0 Å². The SMILES string of the molecule is O=C1CC(c2ccco2)CC2=C1C(c1ccccc1O)n1c(nc3ccccc31)N2. The van der Waals surface area contributed by atoms with Gasteiger partial charge in [-0.15, -0.1) is 0 Å². The third-order valence-corrected chi connectivity index (χ3v) is 6.07. The smallest absolute Gasteiger partial charge is 0.209 e. The molecule has 0 spiro atoms. The summed E-state index contributed by atoms with van der Waals surface area (Å²) in [7, 11) is 0. The average Bonchev–Trinajstić information content (AvgIpc) is 3.40. The van der Waals surface area contributed by atoms with Crippen molar-refractivity contribution in [3.05, 3.63) is 89.5 Å². The molecule has 2 N–H and O–H groups in total. The molecule has 2 aliphatic rings. The molecule has 0 bridgehead atoms. The Kier molecular flexibility index (Phi) is 3.62. The first-order chi connectivity index (χ1) is 14.7. The van der Waals surface area contributed by atoms with Crippen LogP contribution in [0.5, 0.6) is 5.75 Å². The van der Waals surface area contributed by atoms with Crippen molar-refractivity contribution >= 4 is 22.8 Å². The molecule has 2 unspecified atom stereocenters. The van der Waals surface area contributed by atoms with Crippen LogP contribution in [0, 0.1) is 0 Å². The minimum absolute atomic E-state index is 0.0142. The van der Waals surface area contributed by atoms with Gasteiger partial charge in [-0.25, -0.2) is 4.98 Å². The number of furan rings is 1. The molecule has 1 aliphatic heterocycles. The van der Waals surface area contributed by atoms with Crippen LogP contribution >= 0.6 is 0 Å². The third kappa shape index (κ3) is 2.43. The van der Waals surface area contributed by atoms with Crippen LogP contribution in [0.1, 0.15) is 36.1 Å². The fraction of sp³-hybridized carbons (Fsp3) is 0.167. The van der Waals surface area contributed by atoms with Crippen molar-refractivity contribution in [1.29, 1.82) is 0 Å². The van der Waals surface area contributed by atoms with Gasteiger partial charge < -0.3 is 14.8 Å². The highest BCUT2D eigenvalue weighted by Crippen LogP contribution is 2.47. The van der Waals surface area contributed by atoms with Crippen molar-refractivity contribution in [3.63, 3.8) is 0 Å². The van der Waals surface area contributed by atoms with Gasteiger partial charge in [0.15, 0.2) is 5.78 Å². The molecule has 0 fully saturated rings. The lowest BCUT2D eigenvalue weighted by atomic mass is 9.79. The van der Waals surface area contributed by atoms with Crippen LogP contribution in [0.2, 0.25) is 0 Å². The summed E-state index contributed by atoms with van der Waals surface area (Å²) < 4.78 is 7.61. The summed E-state index contributed by atoms with van der Waals surface area (Å²) in [5, 5.41) is 14.1. The summed E-state index contributed by atoms with van der Waals surface area (Å²) in [6.07, 6.45) is 2.67. The fourth-order valence-electron chi connectivity index (χ4n) is 4.76. The van der Waals surface area contributed by atoms with Gasteiger partial charge in [0.25, 0.3) is 0 Å². The number of allylic oxidation sites excluding steroid dienone is 2. The number of fused-ring (bicyclic) bond motifs is 3. The number of imidazole rings is 1. The molecule has 3 heterocycles. The van der Waals surface area contributed by atoms with Gasteiger partial charge in [0.05, 0.1) is 23.3 Å². The molecule has 0 amide bonds. The van der Waals surface area contributed by atoms with E-state index in [-0.39, 0.29) is 17.5 Å². The fourth-order valence-corrected chi connectivity index (χ4v) is 4.76. The van der Waals surface area contributed by atoms with Gasteiger partial charge in [-0.05, 0) is 36.8 Å². The summed E-state index contributed by atoms with van der Waals surface area (Å²) in [5.41, 5.74) is 4.00. The lowest BCUT2D eigenvalue weighted by Gasteiger charge is -2.36. The number of aromatic hydroxyl groups is 1.